The zero-order chi connectivity index (χ0) is 26.4. The van der Waals surface area contributed by atoms with Crippen LogP contribution in [0, 0.1) is 11.8 Å². The highest BCUT2D eigenvalue weighted by Crippen LogP contribution is 2.52. The smallest absolute Gasteiger partial charge is 0.298 e. The summed E-state index contributed by atoms with van der Waals surface area (Å²) in [6.07, 6.45) is -0.622. The van der Waals surface area contributed by atoms with E-state index in [4.69, 9.17) is 17.3 Å². The van der Waals surface area contributed by atoms with Gasteiger partial charge in [-0.2, -0.15) is 8.42 Å². The topological polar surface area (TPSA) is 216 Å². The van der Waals surface area contributed by atoms with Crippen LogP contribution in [0.15, 0.2) is 27.9 Å². The number of allylic oxidation sites excluding steroid dienone is 2. The molecule has 0 spiro atoms. The Labute approximate surface area is 203 Å². The summed E-state index contributed by atoms with van der Waals surface area (Å²) in [6.45, 7) is 0. The van der Waals surface area contributed by atoms with Crippen LogP contribution in [0.2, 0.25) is 5.02 Å². The second kappa shape index (κ2) is 7.85. The van der Waals surface area contributed by atoms with E-state index in [1.807, 2.05) is 0 Å². The number of nitrogens with zero attached hydrogens (tertiary/aromatic N) is 1. The molecule has 4 rings (SSSR count). The minimum atomic E-state index is -5.01. The first kappa shape index (κ1) is 25.3. The Morgan fingerprint density at radius 3 is 2.37 bits per heavy atom. The lowest BCUT2D eigenvalue weighted by Crippen LogP contribution is -2.70. The first-order valence-electron chi connectivity index (χ1n) is 10.2. The van der Waals surface area contributed by atoms with E-state index in [2.05, 4.69) is 0 Å². The largest absolute Gasteiger partial charge is 0.508 e. The van der Waals surface area contributed by atoms with Crippen molar-refractivity contribution in [3.05, 3.63) is 39.1 Å². The fourth-order valence-corrected chi connectivity index (χ4v) is 6.28. The quantitative estimate of drug-likeness (QED) is 0.215. The van der Waals surface area contributed by atoms with E-state index < -0.39 is 84.7 Å². The molecule has 1 amide bonds. The molecule has 3 aliphatic rings. The summed E-state index contributed by atoms with van der Waals surface area (Å²) in [5.74, 6) is -9.16. The van der Waals surface area contributed by atoms with Crippen LogP contribution in [-0.4, -0.2) is 87.6 Å². The predicted octanol–water partition coefficient (Wildman–Crippen LogP) is -0.590. The number of likely N-dealkylation sites (N-methyl/N-ethyl adjacent to an activating group) is 1. The number of ketones is 2. The van der Waals surface area contributed by atoms with Crippen molar-refractivity contribution in [1.82, 2.24) is 4.90 Å². The SMILES string of the molecule is CN(C)[C@@H]1C(O)C(C(N)=O)C(=O)[C@@]2(O)C(O)=C3C(=O)c4c(O)c(S(=O)(=O)O)cc(Cl)c4C=C3C[C@@H]12. The highest BCUT2D eigenvalue weighted by molar-refractivity contribution is 7.86. The third-order valence-electron chi connectivity index (χ3n) is 6.87. The fourth-order valence-electron chi connectivity index (χ4n) is 5.35. The van der Waals surface area contributed by atoms with Crippen molar-refractivity contribution in [3.8, 4) is 5.75 Å². The number of amides is 1. The number of halogens is 1. The molecule has 0 aromatic heterocycles. The van der Waals surface area contributed by atoms with Gasteiger partial charge < -0.3 is 31.1 Å². The molecule has 0 saturated heterocycles. The van der Waals surface area contributed by atoms with Crippen LogP contribution in [0.3, 0.4) is 0 Å². The molecule has 0 aliphatic heterocycles. The number of hydrogen-bond donors (Lipinski definition) is 6. The third kappa shape index (κ3) is 3.34. The van der Waals surface area contributed by atoms with Crippen molar-refractivity contribution < 1.29 is 47.8 Å². The zero-order valence-corrected chi connectivity index (χ0v) is 19.8. The first-order chi connectivity index (χ1) is 16.0. The summed E-state index contributed by atoms with van der Waals surface area (Å²) >= 11 is 6.14. The third-order valence-corrected chi connectivity index (χ3v) is 8.04. The van der Waals surface area contributed by atoms with Crippen molar-refractivity contribution in [3.63, 3.8) is 0 Å². The standard InChI is InChI=1S/C21H21ClN2O10S/c1-24(2)14-8-4-6-3-7-9(22)5-10(35(32,33)34)15(25)12(7)16(26)11(6)18(28)21(8,31)19(29)13(17(14)27)20(23)30/h3,5,8,13-14,17,25,27-28,31H,4H2,1-2H3,(H2,23,30)(H,32,33,34)/t8-,13?,14-,17?,21-/m0/s1. The highest BCUT2D eigenvalue weighted by atomic mass is 35.5. The van der Waals surface area contributed by atoms with Crippen molar-refractivity contribution in [1.29, 1.82) is 0 Å². The van der Waals surface area contributed by atoms with Crippen LogP contribution in [0.1, 0.15) is 22.3 Å². The number of hydrogen-bond acceptors (Lipinski definition) is 10. The average molecular weight is 529 g/mol. The molecule has 0 radical (unpaired) electrons. The molecule has 14 heteroatoms. The Morgan fingerprint density at radius 1 is 1.26 bits per heavy atom. The summed E-state index contributed by atoms with van der Waals surface area (Å²) in [7, 11) is -1.98. The van der Waals surface area contributed by atoms with E-state index >= 15 is 0 Å². The van der Waals surface area contributed by atoms with E-state index in [-0.39, 0.29) is 22.6 Å². The number of aliphatic hydroxyl groups is 3. The lowest BCUT2D eigenvalue weighted by molar-refractivity contribution is -0.175. The van der Waals surface area contributed by atoms with Gasteiger partial charge in [0.1, 0.15) is 22.3 Å². The van der Waals surface area contributed by atoms with Gasteiger partial charge in [0.15, 0.2) is 11.4 Å². The summed E-state index contributed by atoms with van der Waals surface area (Å²) in [5, 5.41) is 43.5. The van der Waals surface area contributed by atoms with E-state index in [9.17, 15) is 47.8 Å². The van der Waals surface area contributed by atoms with Gasteiger partial charge in [0.25, 0.3) is 10.1 Å². The van der Waals surface area contributed by atoms with E-state index in [0.717, 1.165) is 6.07 Å². The molecule has 5 atom stereocenters. The second-order valence-corrected chi connectivity index (χ2v) is 10.8. The molecule has 1 fully saturated rings. The van der Waals surface area contributed by atoms with Crippen molar-refractivity contribution in [2.75, 3.05) is 14.1 Å². The average Bonchev–Trinajstić information content (AvgIpc) is 2.71. The number of phenolic OH excluding ortho intramolecular Hbond substituents is 1. The van der Waals surface area contributed by atoms with Crippen LogP contribution in [0.4, 0.5) is 0 Å². The van der Waals surface area contributed by atoms with Crippen LogP contribution in [0.25, 0.3) is 6.08 Å². The molecule has 35 heavy (non-hydrogen) atoms. The Kier molecular flexibility index (Phi) is 5.67. The number of benzene rings is 1. The molecule has 3 aliphatic carbocycles. The van der Waals surface area contributed by atoms with Crippen LogP contribution < -0.4 is 5.73 Å². The van der Waals surface area contributed by atoms with Crippen molar-refractivity contribution >= 4 is 45.3 Å². The number of fused-ring (bicyclic) bond motifs is 3. The molecule has 1 saturated carbocycles. The molecule has 1 aromatic rings. The predicted molar refractivity (Wildman–Crippen MR) is 119 cm³/mol. The van der Waals surface area contributed by atoms with Crippen molar-refractivity contribution in [2.45, 2.75) is 29.1 Å². The van der Waals surface area contributed by atoms with Gasteiger partial charge in [-0.1, -0.05) is 11.6 Å². The number of carbonyl (C=O) groups is 3. The lowest BCUT2D eigenvalue weighted by Gasteiger charge is -2.52. The Balaban J connectivity index is 2.03. The molecule has 0 heterocycles. The van der Waals surface area contributed by atoms with Gasteiger partial charge in [0.2, 0.25) is 11.7 Å². The number of phenols is 1. The maximum atomic E-state index is 13.4. The number of aliphatic hydroxyl groups excluding tert-OH is 2. The van der Waals surface area contributed by atoms with Gasteiger partial charge in [0, 0.05) is 17.5 Å². The van der Waals surface area contributed by atoms with Gasteiger partial charge in [0.05, 0.1) is 22.3 Å². The molecular formula is C21H21ClN2O10S. The molecule has 1 aromatic carbocycles. The number of rotatable bonds is 3. The molecule has 12 nitrogen and oxygen atoms in total. The number of aromatic hydroxyl groups is 1. The van der Waals surface area contributed by atoms with E-state index in [1.165, 1.54) is 25.1 Å². The minimum Gasteiger partial charge on any atom is -0.508 e. The maximum absolute atomic E-state index is 13.4. The fraction of sp³-hybridized carbons (Fsp3) is 0.381. The van der Waals surface area contributed by atoms with Crippen molar-refractivity contribution in [2.24, 2.45) is 17.6 Å². The van der Waals surface area contributed by atoms with E-state index in [1.54, 1.807) is 0 Å². The molecule has 0 bridgehead atoms. The van der Waals surface area contributed by atoms with Gasteiger partial charge >= 0.3 is 0 Å². The summed E-state index contributed by atoms with van der Waals surface area (Å²) < 4.78 is 32.7. The van der Waals surface area contributed by atoms with E-state index in [0.29, 0.717) is 0 Å². The Bertz CT molecular complexity index is 1380. The Hall–Kier alpha value is -2.81. The zero-order valence-electron chi connectivity index (χ0n) is 18.3. The van der Waals surface area contributed by atoms with Crippen LogP contribution in [0.5, 0.6) is 5.75 Å². The summed E-state index contributed by atoms with van der Waals surface area (Å²) in [5.41, 5.74) is 1.16. The number of Topliss-reactive ketones (excluding diaryl/α,β-unsaturated/α-hetero) is 2. The first-order valence-corrected chi connectivity index (χ1v) is 12.0. The maximum Gasteiger partial charge on any atom is 0.298 e. The second-order valence-electron chi connectivity index (χ2n) is 8.96. The minimum absolute atomic E-state index is 0.0833. The van der Waals surface area contributed by atoms with Gasteiger partial charge in [-0.05, 0) is 38.2 Å². The molecule has 7 N–H and O–H groups in total. The number of carbonyl (C=O) groups excluding carboxylic acids is 3. The number of nitrogens with two attached hydrogens (primary N) is 1. The lowest BCUT2D eigenvalue weighted by atomic mass is 9.58. The monoisotopic (exact) mass is 528 g/mol. The summed E-state index contributed by atoms with van der Waals surface area (Å²) in [4.78, 5) is 39.0. The van der Waals surface area contributed by atoms with Crippen LogP contribution in [-0.2, 0) is 19.7 Å². The van der Waals surface area contributed by atoms with Gasteiger partial charge in [-0.15, -0.1) is 0 Å². The molecule has 188 valence electrons. The van der Waals surface area contributed by atoms with Crippen LogP contribution >= 0.6 is 11.6 Å². The highest BCUT2D eigenvalue weighted by Gasteiger charge is 2.65. The molecular weight excluding hydrogens is 508 g/mol. The van der Waals surface area contributed by atoms with Gasteiger partial charge in [-0.25, -0.2) is 0 Å². The van der Waals surface area contributed by atoms with Gasteiger partial charge in [-0.3, -0.25) is 18.9 Å². The Morgan fingerprint density at radius 2 is 1.86 bits per heavy atom. The molecule has 2 unspecified atom stereocenters. The number of primary amides is 1. The summed E-state index contributed by atoms with van der Waals surface area (Å²) in [6, 6.07) is -0.320. The normalized spacial score (nSPS) is 30.5.